The zero-order valence-electron chi connectivity index (χ0n) is 27.7. The Bertz CT molecular complexity index is 1300. The van der Waals surface area contributed by atoms with Crippen molar-refractivity contribution in [1.29, 1.82) is 0 Å². The summed E-state index contributed by atoms with van der Waals surface area (Å²) in [4.78, 5) is 0. The first kappa shape index (κ1) is 35.2. The first-order chi connectivity index (χ1) is 21.9. The molecule has 3 aromatic carbocycles. The smallest absolute Gasteiger partial charge is 0.166 e. The molecule has 0 N–H and O–H groups in total. The second kappa shape index (κ2) is 18.5. The molecule has 1 fully saturated rings. The highest BCUT2D eigenvalue weighted by Gasteiger charge is 2.26. The molecule has 0 aromatic heterocycles. The topological polar surface area (TPSA) is 0 Å². The fourth-order valence-electron chi connectivity index (χ4n) is 7.19. The molecular formula is C41H54F4. The van der Waals surface area contributed by atoms with Crippen LogP contribution in [-0.4, -0.2) is 0 Å². The molecule has 1 saturated carbocycles. The van der Waals surface area contributed by atoms with Crippen molar-refractivity contribution in [3.63, 3.8) is 0 Å². The van der Waals surface area contributed by atoms with E-state index in [9.17, 15) is 4.39 Å². The van der Waals surface area contributed by atoms with Crippen LogP contribution in [0.5, 0.6) is 0 Å². The van der Waals surface area contributed by atoms with Crippen molar-refractivity contribution >= 4 is 0 Å². The Hall–Kier alpha value is -2.62. The lowest BCUT2D eigenvalue weighted by atomic mass is 9.76. The average Bonchev–Trinajstić information content (AvgIpc) is 3.06. The lowest BCUT2D eigenvalue weighted by molar-refractivity contribution is 0.297. The molecule has 0 amide bonds. The van der Waals surface area contributed by atoms with E-state index in [1.165, 1.54) is 70.6 Å². The third-order valence-corrected chi connectivity index (χ3v) is 10.1. The van der Waals surface area contributed by atoms with Gasteiger partial charge in [0.1, 0.15) is 0 Å². The van der Waals surface area contributed by atoms with Gasteiger partial charge in [-0.25, -0.2) is 17.6 Å². The quantitative estimate of drug-likeness (QED) is 0.0978. The predicted octanol–water partition coefficient (Wildman–Crippen LogP) is 13.9. The van der Waals surface area contributed by atoms with Crippen molar-refractivity contribution in [2.45, 2.75) is 142 Å². The number of rotatable bonds is 18. The Morgan fingerprint density at radius 3 is 1.56 bits per heavy atom. The molecule has 0 nitrogen and oxygen atoms in total. The van der Waals surface area contributed by atoms with Gasteiger partial charge in [0.25, 0.3) is 0 Å². The highest BCUT2D eigenvalue weighted by atomic mass is 19.2. The summed E-state index contributed by atoms with van der Waals surface area (Å²) in [7, 11) is 0. The summed E-state index contributed by atoms with van der Waals surface area (Å²) in [5.74, 6) is -2.46. The lowest BCUT2D eigenvalue weighted by Crippen LogP contribution is -2.15. The number of aryl methyl sites for hydroxylation is 1. The standard InChI is InChI=1S/C41H54F4/c1-3-5-7-9-10-11-13-15-17-34-26-27-35(39(43)38(34)42)32-22-24-33(25-23-32)37-29-28-36(40(44)41(37)45)31-20-18-30(19-21-31)16-14-12-8-6-4-2/h22-31H,3-21H2,1-2H3. The third kappa shape index (κ3) is 9.93. The summed E-state index contributed by atoms with van der Waals surface area (Å²) in [6.45, 7) is 4.44. The van der Waals surface area contributed by atoms with Crippen LogP contribution < -0.4 is 0 Å². The highest BCUT2D eigenvalue weighted by Crippen LogP contribution is 2.40. The first-order valence-corrected chi connectivity index (χ1v) is 18.0. The van der Waals surface area contributed by atoms with E-state index in [0.717, 1.165) is 44.9 Å². The van der Waals surface area contributed by atoms with Gasteiger partial charge in [0.05, 0.1) is 0 Å². The minimum atomic E-state index is -0.854. The largest absolute Gasteiger partial charge is 0.203 e. The van der Waals surface area contributed by atoms with Gasteiger partial charge in [0.2, 0.25) is 0 Å². The molecule has 3 aromatic rings. The lowest BCUT2D eigenvalue weighted by Gasteiger charge is -2.29. The van der Waals surface area contributed by atoms with Gasteiger partial charge in [-0.2, -0.15) is 0 Å². The molecule has 0 bridgehead atoms. The molecule has 4 heteroatoms. The van der Waals surface area contributed by atoms with Crippen molar-refractivity contribution in [3.8, 4) is 22.3 Å². The number of hydrogen-bond acceptors (Lipinski definition) is 0. The fraction of sp³-hybridized carbons (Fsp3) is 0.561. The van der Waals surface area contributed by atoms with Crippen LogP contribution in [0.4, 0.5) is 17.6 Å². The molecule has 246 valence electrons. The van der Waals surface area contributed by atoms with Gasteiger partial charge in [-0.1, -0.05) is 146 Å². The van der Waals surface area contributed by atoms with E-state index in [2.05, 4.69) is 13.8 Å². The Labute approximate surface area is 270 Å². The summed E-state index contributed by atoms with van der Waals surface area (Å²) < 4.78 is 60.8. The first-order valence-electron chi connectivity index (χ1n) is 18.0. The van der Waals surface area contributed by atoms with Gasteiger partial charge in [-0.05, 0) is 72.6 Å². The van der Waals surface area contributed by atoms with Crippen LogP contribution in [0.1, 0.15) is 146 Å². The van der Waals surface area contributed by atoms with Gasteiger partial charge >= 0.3 is 0 Å². The van der Waals surface area contributed by atoms with Crippen LogP contribution in [-0.2, 0) is 6.42 Å². The van der Waals surface area contributed by atoms with E-state index in [1.54, 1.807) is 48.5 Å². The van der Waals surface area contributed by atoms with Crippen molar-refractivity contribution in [3.05, 3.63) is 82.9 Å². The summed E-state index contributed by atoms with van der Waals surface area (Å²) in [5, 5.41) is 0. The molecule has 0 saturated heterocycles. The molecule has 1 aliphatic carbocycles. The molecule has 0 atom stereocenters. The van der Waals surface area contributed by atoms with Gasteiger partial charge in [-0.3, -0.25) is 0 Å². The summed E-state index contributed by atoms with van der Waals surface area (Å²) >= 11 is 0. The monoisotopic (exact) mass is 622 g/mol. The van der Waals surface area contributed by atoms with Crippen molar-refractivity contribution < 1.29 is 17.6 Å². The number of halogens is 4. The summed E-state index contributed by atoms with van der Waals surface area (Å²) in [5.41, 5.74) is 2.29. The Morgan fingerprint density at radius 2 is 0.978 bits per heavy atom. The van der Waals surface area contributed by atoms with Crippen LogP contribution in [0.15, 0.2) is 48.5 Å². The molecular weight excluding hydrogens is 568 g/mol. The maximum Gasteiger partial charge on any atom is 0.166 e. The molecule has 45 heavy (non-hydrogen) atoms. The van der Waals surface area contributed by atoms with Crippen LogP contribution in [0.2, 0.25) is 0 Å². The van der Waals surface area contributed by atoms with Crippen molar-refractivity contribution in [2.75, 3.05) is 0 Å². The molecule has 0 unspecified atom stereocenters. The summed E-state index contributed by atoms with van der Waals surface area (Å²) in [6, 6.07) is 13.3. The van der Waals surface area contributed by atoms with Crippen LogP contribution >= 0.6 is 0 Å². The van der Waals surface area contributed by atoms with E-state index >= 15 is 13.2 Å². The second-order valence-corrected chi connectivity index (χ2v) is 13.5. The average molecular weight is 623 g/mol. The molecule has 0 radical (unpaired) electrons. The van der Waals surface area contributed by atoms with Gasteiger partial charge in [0.15, 0.2) is 23.3 Å². The van der Waals surface area contributed by atoms with Crippen LogP contribution in [0.25, 0.3) is 22.3 Å². The van der Waals surface area contributed by atoms with E-state index in [-0.39, 0.29) is 17.0 Å². The Balaban J connectivity index is 1.33. The predicted molar refractivity (Wildman–Crippen MR) is 182 cm³/mol. The van der Waals surface area contributed by atoms with E-state index in [1.807, 2.05) is 0 Å². The highest BCUT2D eigenvalue weighted by molar-refractivity contribution is 5.71. The minimum absolute atomic E-state index is 0.0589. The number of benzene rings is 3. The molecule has 0 heterocycles. The Kier molecular flexibility index (Phi) is 14.5. The number of hydrogen-bond donors (Lipinski definition) is 0. The zero-order valence-corrected chi connectivity index (χ0v) is 27.7. The van der Waals surface area contributed by atoms with E-state index in [0.29, 0.717) is 34.6 Å². The number of unbranched alkanes of at least 4 members (excludes halogenated alkanes) is 11. The van der Waals surface area contributed by atoms with Crippen LogP contribution in [0.3, 0.4) is 0 Å². The van der Waals surface area contributed by atoms with Crippen LogP contribution in [0, 0.1) is 29.2 Å². The van der Waals surface area contributed by atoms with E-state index in [4.69, 9.17) is 0 Å². The minimum Gasteiger partial charge on any atom is -0.203 e. The van der Waals surface area contributed by atoms with Gasteiger partial charge in [-0.15, -0.1) is 0 Å². The zero-order chi connectivity index (χ0) is 32.0. The molecule has 1 aliphatic rings. The molecule has 4 rings (SSSR count). The van der Waals surface area contributed by atoms with Crippen molar-refractivity contribution in [1.82, 2.24) is 0 Å². The fourth-order valence-corrected chi connectivity index (χ4v) is 7.19. The normalized spacial score (nSPS) is 16.8. The molecule has 0 spiro atoms. The SMILES string of the molecule is CCCCCCCCCCc1ccc(-c2ccc(-c3ccc(C4CCC(CCCCCCC)CC4)c(F)c3F)cc2)c(F)c1F. The van der Waals surface area contributed by atoms with Gasteiger partial charge in [0, 0.05) is 11.1 Å². The summed E-state index contributed by atoms with van der Waals surface area (Å²) in [6.07, 6.45) is 21.4. The van der Waals surface area contributed by atoms with Gasteiger partial charge < -0.3 is 0 Å². The maximum atomic E-state index is 15.4. The van der Waals surface area contributed by atoms with Crippen molar-refractivity contribution in [2.24, 2.45) is 5.92 Å². The Morgan fingerprint density at radius 1 is 0.489 bits per heavy atom. The second-order valence-electron chi connectivity index (χ2n) is 13.5. The maximum absolute atomic E-state index is 15.4. The third-order valence-electron chi connectivity index (χ3n) is 10.1. The molecule has 0 aliphatic heterocycles. The van der Waals surface area contributed by atoms with E-state index < -0.39 is 23.3 Å².